The minimum atomic E-state index is -4.69. The standard InChI is InChI=1S/C48H78NO10P/c1-6-8-10-11-12-13-14-15-16-17-18-19-20-21-22-23-29-33-48(53)59-44(41-58-60(54,55)57-39-38-49(3,4)5)40-56-47(52)32-28-25-24-27-30-42-34-37-46(51)45(42)36-35-43(50)31-26-9-7-2/h8,10,12-13,15-16,18-19,24,27,34-37,42-45,50H,6-7,9,11,14,17,20-23,25-26,28-33,38-41H2,1-5H3/b10-8-,13-12-,16-15-,19-18-,27-24-,36-35+/t42-,43-,44+,45+/m0/s1. The number of esters is 2. The van der Waals surface area contributed by atoms with E-state index < -0.39 is 38.6 Å². The lowest BCUT2D eigenvalue weighted by Gasteiger charge is -2.28. The SMILES string of the molecule is CC/C=C\C/C=C\C/C=C\C/C=C\CCCCCCC(=O)O[C@H](COC(=O)CCC/C=C\C[C@H]1C=CC(=O)[C@@H]1/C=C/[C@@H](O)CCCCC)COP(=O)([O-])OCC[N+](C)(C)C. The van der Waals surface area contributed by atoms with Crippen LogP contribution in [0.3, 0.4) is 0 Å². The highest BCUT2D eigenvalue weighted by Gasteiger charge is 2.27. The zero-order valence-corrected chi connectivity index (χ0v) is 38.4. The van der Waals surface area contributed by atoms with Gasteiger partial charge in [0.15, 0.2) is 11.9 Å². The van der Waals surface area contributed by atoms with Crippen LogP contribution in [-0.2, 0) is 37.5 Å². The van der Waals surface area contributed by atoms with Crippen molar-refractivity contribution in [1.82, 2.24) is 0 Å². The summed E-state index contributed by atoms with van der Waals surface area (Å²) >= 11 is 0. The Morgan fingerprint density at radius 3 is 2.12 bits per heavy atom. The van der Waals surface area contributed by atoms with Crippen molar-refractivity contribution < 1.29 is 52.0 Å². The van der Waals surface area contributed by atoms with Crippen LogP contribution in [0.15, 0.2) is 85.1 Å². The van der Waals surface area contributed by atoms with Crippen molar-refractivity contribution in [1.29, 1.82) is 0 Å². The molecule has 0 heterocycles. The summed E-state index contributed by atoms with van der Waals surface area (Å²) in [6, 6.07) is 0. The lowest BCUT2D eigenvalue weighted by atomic mass is 9.90. The van der Waals surface area contributed by atoms with E-state index in [1.807, 2.05) is 45.4 Å². The van der Waals surface area contributed by atoms with Gasteiger partial charge in [0.1, 0.15) is 19.8 Å². The molecular weight excluding hydrogens is 781 g/mol. The number of hydrogen-bond acceptors (Lipinski definition) is 10. The van der Waals surface area contributed by atoms with Gasteiger partial charge >= 0.3 is 11.9 Å². The zero-order chi connectivity index (χ0) is 44.3. The van der Waals surface area contributed by atoms with Gasteiger partial charge in [-0.25, -0.2) is 0 Å². The van der Waals surface area contributed by atoms with Gasteiger partial charge in [0, 0.05) is 18.8 Å². The number of ether oxygens (including phenoxy) is 2. The molecule has 0 fully saturated rings. The number of phosphoric acid groups is 1. The Labute approximate surface area is 362 Å². The van der Waals surface area contributed by atoms with E-state index in [-0.39, 0.29) is 43.7 Å². The molecule has 0 aromatic carbocycles. The van der Waals surface area contributed by atoms with E-state index >= 15 is 0 Å². The second-order valence-corrected chi connectivity index (χ2v) is 17.7. The van der Waals surface area contributed by atoms with Crippen LogP contribution in [0.5, 0.6) is 0 Å². The molecular formula is C48H78NO10P. The van der Waals surface area contributed by atoms with Crippen LogP contribution >= 0.6 is 7.82 Å². The summed E-state index contributed by atoms with van der Waals surface area (Å²) in [5.74, 6) is -1.25. The number of rotatable bonds is 36. The molecule has 1 aliphatic carbocycles. The fourth-order valence-electron chi connectivity index (χ4n) is 6.05. The molecule has 0 saturated heterocycles. The molecule has 0 saturated carbocycles. The van der Waals surface area contributed by atoms with Crippen molar-refractivity contribution in [2.24, 2.45) is 11.8 Å². The normalized spacial score (nSPS) is 18.3. The van der Waals surface area contributed by atoms with Gasteiger partial charge in [0.2, 0.25) is 0 Å². The Morgan fingerprint density at radius 1 is 0.800 bits per heavy atom. The average Bonchev–Trinajstić information content (AvgIpc) is 3.55. The first kappa shape index (κ1) is 54.8. The summed E-state index contributed by atoms with van der Waals surface area (Å²) < 4.78 is 33.8. The molecule has 1 N–H and O–H groups in total. The number of carbonyl (C=O) groups excluding carboxylic acids is 3. The topological polar surface area (TPSA) is 148 Å². The molecule has 5 atom stereocenters. The molecule has 340 valence electrons. The lowest BCUT2D eigenvalue weighted by Crippen LogP contribution is -2.37. The molecule has 0 bridgehead atoms. The van der Waals surface area contributed by atoms with Crippen molar-refractivity contribution in [3.05, 3.63) is 85.1 Å². The number of hydrogen-bond donors (Lipinski definition) is 1. The van der Waals surface area contributed by atoms with Gasteiger partial charge in [-0.15, -0.1) is 0 Å². The van der Waals surface area contributed by atoms with Crippen molar-refractivity contribution in [2.75, 3.05) is 47.5 Å². The highest BCUT2D eigenvalue weighted by molar-refractivity contribution is 7.45. The fourth-order valence-corrected chi connectivity index (χ4v) is 6.77. The van der Waals surface area contributed by atoms with Crippen molar-refractivity contribution >= 4 is 25.5 Å². The molecule has 60 heavy (non-hydrogen) atoms. The van der Waals surface area contributed by atoms with E-state index in [9.17, 15) is 28.9 Å². The minimum absolute atomic E-state index is 0.0220. The number of carbonyl (C=O) groups is 3. The van der Waals surface area contributed by atoms with Crippen LogP contribution in [0.25, 0.3) is 0 Å². The second-order valence-electron chi connectivity index (χ2n) is 16.3. The number of aliphatic hydroxyl groups excluding tert-OH is 1. The number of allylic oxidation sites excluding steroid dienone is 13. The van der Waals surface area contributed by atoms with E-state index in [0.717, 1.165) is 70.6 Å². The summed E-state index contributed by atoms with van der Waals surface area (Å²) in [6.07, 6.45) is 41.0. The number of quaternary nitrogens is 1. The maximum atomic E-state index is 12.7. The molecule has 12 heteroatoms. The second kappa shape index (κ2) is 34.4. The third kappa shape index (κ3) is 31.7. The van der Waals surface area contributed by atoms with Crippen LogP contribution in [0, 0.1) is 11.8 Å². The van der Waals surface area contributed by atoms with E-state index in [4.69, 9.17) is 18.5 Å². The first-order valence-electron chi connectivity index (χ1n) is 22.3. The smallest absolute Gasteiger partial charge is 0.306 e. The number of unbranched alkanes of at least 4 members (excludes halogenated alkanes) is 7. The van der Waals surface area contributed by atoms with Crippen molar-refractivity contribution in [3.63, 3.8) is 0 Å². The highest BCUT2D eigenvalue weighted by Crippen LogP contribution is 2.38. The van der Waals surface area contributed by atoms with Gasteiger partial charge in [-0.3, -0.25) is 18.9 Å². The molecule has 0 amide bonds. The molecule has 1 unspecified atom stereocenters. The van der Waals surface area contributed by atoms with Gasteiger partial charge < -0.3 is 33.0 Å². The molecule has 0 aliphatic heterocycles. The monoisotopic (exact) mass is 860 g/mol. The number of phosphoric ester groups is 1. The largest absolute Gasteiger partial charge is 0.756 e. The Balaban J connectivity index is 2.48. The Bertz CT molecular complexity index is 1440. The van der Waals surface area contributed by atoms with Gasteiger partial charge in [-0.2, -0.15) is 0 Å². The van der Waals surface area contributed by atoms with Gasteiger partial charge in [-0.05, 0) is 82.6 Å². The van der Waals surface area contributed by atoms with Crippen LogP contribution in [-0.4, -0.2) is 87.0 Å². The third-order valence-electron chi connectivity index (χ3n) is 9.65. The van der Waals surface area contributed by atoms with Crippen LogP contribution in [0.1, 0.15) is 129 Å². The fraction of sp³-hybridized carbons (Fsp3) is 0.646. The van der Waals surface area contributed by atoms with Gasteiger partial charge in [0.05, 0.1) is 33.9 Å². The Kier molecular flexibility index (Phi) is 31.5. The van der Waals surface area contributed by atoms with Crippen molar-refractivity contribution in [2.45, 2.75) is 142 Å². The number of likely N-dealkylation sites (N-methyl/N-ethyl adjacent to an activating group) is 1. The maximum Gasteiger partial charge on any atom is 0.306 e. The van der Waals surface area contributed by atoms with Crippen molar-refractivity contribution in [3.8, 4) is 0 Å². The predicted octanol–water partition coefficient (Wildman–Crippen LogP) is 9.78. The molecule has 0 radical (unpaired) electrons. The van der Waals surface area contributed by atoms with Gasteiger partial charge in [0.25, 0.3) is 7.82 Å². The molecule has 1 aliphatic rings. The van der Waals surface area contributed by atoms with E-state index in [2.05, 4.69) is 62.5 Å². The lowest BCUT2D eigenvalue weighted by molar-refractivity contribution is -0.870. The van der Waals surface area contributed by atoms with E-state index in [1.54, 1.807) is 12.2 Å². The summed E-state index contributed by atoms with van der Waals surface area (Å²) in [5, 5.41) is 10.2. The van der Waals surface area contributed by atoms with Crippen LogP contribution in [0.4, 0.5) is 0 Å². The third-order valence-corrected chi connectivity index (χ3v) is 10.6. The molecule has 0 spiro atoms. The zero-order valence-electron chi connectivity index (χ0n) is 37.5. The van der Waals surface area contributed by atoms with E-state index in [1.165, 1.54) is 0 Å². The maximum absolute atomic E-state index is 12.7. The molecule has 11 nitrogen and oxygen atoms in total. The van der Waals surface area contributed by atoms with Crippen LogP contribution in [0.2, 0.25) is 0 Å². The summed E-state index contributed by atoms with van der Waals surface area (Å²) in [5.41, 5.74) is 0. The summed E-state index contributed by atoms with van der Waals surface area (Å²) in [7, 11) is 1.02. The Morgan fingerprint density at radius 2 is 1.43 bits per heavy atom. The Hall–Kier alpha value is -3.18. The quantitative estimate of drug-likeness (QED) is 0.0212. The molecule has 1 rings (SSSR count). The molecule has 0 aromatic heterocycles. The minimum Gasteiger partial charge on any atom is -0.756 e. The van der Waals surface area contributed by atoms with Gasteiger partial charge in [-0.1, -0.05) is 125 Å². The van der Waals surface area contributed by atoms with Crippen LogP contribution < -0.4 is 4.89 Å². The summed E-state index contributed by atoms with van der Waals surface area (Å²) in [4.78, 5) is 50.1. The number of aliphatic hydroxyl groups is 1. The highest BCUT2D eigenvalue weighted by atomic mass is 31.2. The number of nitrogens with zero attached hydrogens (tertiary/aromatic N) is 1. The predicted molar refractivity (Wildman–Crippen MR) is 240 cm³/mol. The first-order chi connectivity index (χ1) is 28.8. The summed E-state index contributed by atoms with van der Waals surface area (Å²) in [6.45, 7) is 3.73. The number of ketones is 1. The first-order valence-corrected chi connectivity index (χ1v) is 23.8. The molecule has 0 aromatic rings. The van der Waals surface area contributed by atoms with E-state index in [0.29, 0.717) is 43.1 Å². The average molecular weight is 860 g/mol.